The van der Waals surface area contributed by atoms with Gasteiger partial charge in [-0.1, -0.05) is 12.1 Å². The summed E-state index contributed by atoms with van der Waals surface area (Å²) in [5.74, 6) is -0.735. The van der Waals surface area contributed by atoms with Crippen LogP contribution in [-0.2, 0) is 10.0 Å². The lowest BCUT2D eigenvalue weighted by atomic mass is 10.2. The zero-order chi connectivity index (χ0) is 16.2. The Morgan fingerprint density at radius 3 is 2.68 bits per heavy atom. The molecule has 0 amide bonds. The van der Waals surface area contributed by atoms with Crippen molar-refractivity contribution in [3.05, 3.63) is 24.3 Å². The molecular formula is C13H17F3N2O3S. The normalized spacial score (nSPS) is 19.3. The van der Waals surface area contributed by atoms with Gasteiger partial charge in [-0.05, 0) is 37.9 Å². The molecule has 0 unspecified atom stereocenters. The van der Waals surface area contributed by atoms with E-state index in [0.29, 0.717) is 6.42 Å². The number of ether oxygens (including phenoxy) is 1. The topological polar surface area (TPSA) is 67.4 Å². The number of rotatable bonds is 6. The van der Waals surface area contributed by atoms with Crippen LogP contribution in [0.2, 0.25) is 0 Å². The lowest BCUT2D eigenvalue weighted by Gasteiger charge is -2.15. The number of sulfonamides is 1. The molecule has 1 saturated heterocycles. The molecule has 0 radical (unpaired) electrons. The fraction of sp³-hybridized carbons (Fsp3) is 0.538. The second-order valence-electron chi connectivity index (χ2n) is 4.97. The van der Waals surface area contributed by atoms with E-state index in [-0.39, 0.29) is 12.6 Å². The van der Waals surface area contributed by atoms with E-state index in [1.807, 2.05) is 0 Å². The molecule has 1 fully saturated rings. The van der Waals surface area contributed by atoms with E-state index < -0.39 is 27.0 Å². The van der Waals surface area contributed by atoms with Crippen LogP contribution in [-0.4, -0.2) is 33.9 Å². The maximum atomic E-state index is 12.3. The molecule has 9 heteroatoms. The first kappa shape index (κ1) is 17.0. The minimum atomic E-state index is -4.95. The Kier molecular flexibility index (Phi) is 5.30. The van der Waals surface area contributed by atoms with E-state index in [4.69, 9.17) is 0 Å². The molecule has 0 aromatic heterocycles. The zero-order valence-corrected chi connectivity index (χ0v) is 12.5. The monoisotopic (exact) mass is 338 g/mol. The minimum Gasteiger partial charge on any atom is -0.404 e. The smallest absolute Gasteiger partial charge is 0.404 e. The zero-order valence-electron chi connectivity index (χ0n) is 11.7. The van der Waals surface area contributed by atoms with Crippen molar-refractivity contribution in [1.29, 1.82) is 0 Å². The van der Waals surface area contributed by atoms with Gasteiger partial charge in [-0.25, -0.2) is 13.1 Å². The SMILES string of the molecule is O=S(=O)(NCC[C@H]1CCCN1)c1ccccc1OC(F)(F)F. The Hall–Kier alpha value is -1.32. The Balaban J connectivity index is 2.04. The van der Waals surface area contributed by atoms with Gasteiger partial charge in [-0.2, -0.15) is 0 Å². The van der Waals surface area contributed by atoms with Gasteiger partial charge >= 0.3 is 6.36 Å². The summed E-state index contributed by atoms with van der Waals surface area (Å²) in [6.07, 6.45) is -2.35. The lowest BCUT2D eigenvalue weighted by Crippen LogP contribution is -2.31. The third kappa shape index (κ3) is 4.85. The van der Waals surface area contributed by atoms with Gasteiger partial charge in [0.1, 0.15) is 10.6 Å². The van der Waals surface area contributed by atoms with E-state index in [2.05, 4.69) is 14.8 Å². The molecule has 1 heterocycles. The highest BCUT2D eigenvalue weighted by Gasteiger charge is 2.33. The Labute approximate surface area is 126 Å². The Morgan fingerprint density at radius 2 is 2.05 bits per heavy atom. The fourth-order valence-electron chi connectivity index (χ4n) is 2.33. The van der Waals surface area contributed by atoms with Crippen molar-refractivity contribution in [3.63, 3.8) is 0 Å². The number of alkyl halides is 3. The van der Waals surface area contributed by atoms with Gasteiger partial charge in [0.2, 0.25) is 10.0 Å². The molecular weight excluding hydrogens is 321 g/mol. The first-order chi connectivity index (χ1) is 10.3. The van der Waals surface area contributed by atoms with Gasteiger partial charge in [0.15, 0.2) is 0 Å². The van der Waals surface area contributed by atoms with Crippen molar-refractivity contribution in [2.24, 2.45) is 0 Å². The molecule has 2 rings (SSSR count). The van der Waals surface area contributed by atoms with Crippen molar-refractivity contribution in [3.8, 4) is 5.75 Å². The number of hydrogen-bond acceptors (Lipinski definition) is 4. The molecule has 1 aliphatic rings. The summed E-state index contributed by atoms with van der Waals surface area (Å²) < 4.78 is 67.3. The standard InChI is InChI=1S/C13H17F3N2O3S/c14-13(15,16)21-11-5-1-2-6-12(11)22(19,20)18-9-7-10-4-3-8-17-10/h1-2,5-6,10,17-18H,3-4,7-9H2/t10-/m1/s1. The van der Waals surface area contributed by atoms with E-state index in [9.17, 15) is 21.6 Å². The molecule has 0 aliphatic carbocycles. The van der Waals surface area contributed by atoms with Crippen LogP contribution in [0, 0.1) is 0 Å². The number of halogens is 3. The van der Waals surface area contributed by atoms with Gasteiger partial charge < -0.3 is 10.1 Å². The summed E-state index contributed by atoms with van der Waals surface area (Å²) in [4.78, 5) is -0.522. The minimum absolute atomic E-state index is 0.153. The first-order valence-corrected chi connectivity index (χ1v) is 8.34. The molecule has 5 nitrogen and oxygen atoms in total. The summed E-state index contributed by atoms with van der Waals surface area (Å²) in [5, 5.41) is 3.22. The summed E-state index contributed by atoms with van der Waals surface area (Å²) in [6.45, 7) is 1.06. The van der Waals surface area contributed by atoms with Crippen molar-refractivity contribution in [2.75, 3.05) is 13.1 Å². The highest BCUT2D eigenvalue weighted by Crippen LogP contribution is 2.29. The second kappa shape index (κ2) is 6.84. The predicted molar refractivity (Wildman–Crippen MR) is 74.0 cm³/mol. The molecule has 1 aromatic carbocycles. The molecule has 0 bridgehead atoms. The van der Waals surface area contributed by atoms with E-state index in [1.165, 1.54) is 12.1 Å². The predicted octanol–water partition coefficient (Wildman–Crippen LogP) is 2.01. The van der Waals surface area contributed by atoms with E-state index in [0.717, 1.165) is 31.5 Å². The highest BCUT2D eigenvalue weighted by molar-refractivity contribution is 7.89. The largest absolute Gasteiger partial charge is 0.573 e. The lowest BCUT2D eigenvalue weighted by molar-refractivity contribution is -0.275. The van der Waals surface area contributed by atoms with Gasteiger partial charge in [0.05, 0.1) is 0 Å². The van der Waals surface area contributed by atoms with Crippen molar-refractivity contribution in [1.82, 2.24) is 10.0 Å². The van der Waals surface area contributed by atoms with Crippen LogP contribution in [0.25, 0.3) is 0 Å². The summed E-state index contributed by atoms with van der Waals surface area (Å²) in [5.41, 5.74) is 0. The molecule has 22 heavy (non-hydrogen) atoms. The molecule has 1 atom stereocenters. The third-order valence-electron chi connectivity index (χ3n) is 3.31. The van der Waals surface area contributed by atoms with E-state index >= 15 is 0 Å². The molecule has 2 N–H and O–H groups in total. The van der Waals surface area contributed by atoms with Crippen LogP contribution in [0.1, 0.15) is 19.3 Å². The summed E-state index contributed by atoms with van der Waals surface area (Å²) >= 11 is 0. The maximum Gasteiger partial charge on any atom is 0.573 e. The molecule has 124 valence electrons. The number of hydrogen-bond donors (Lipinski definition) is 2. The fourth-order valence-corrected chi connectivity index (χ4v) is 3.50. The molecule has 0 saturated carbocycles. The van der Waals surface area contributed by atoms with Crippen molar-refractivity contribution >= 4 is 10.0 Å². The highest BCUT2D eigenvalue weighted by atomic mass is 32.2. The second-order valence-corrected chi connectivity index (χ2v) is 6.71. The van der Waals surface area contributed by atoms with Crippen LogP contribution in [0.3, 0.4) is 0 Å². The van der Waals surface area contributed by atoms with E-state index in [1.54, 1.807) is 0 Å². The Bertz CT molecular complexity index is 599. The molecule has 1 aromatic rings. The van der Waals surface area contributed by atoms with Crippen LogP contribution in [0.15, 0.2) is 29.2 Å². The number of para-hydroxylation sites is 1. The average Bonchev–Trinajstić information content (AvgIpc) is 2.90. The molecule has 0 spiro atoms. The average molecular weight is 338 g/mol. The summed E-state index contributed by atoms with van der Waals surface area (Å²) in [7, 11) is -4.06. The van der Waals surface area contributed by atoms with Gasteiger partial charge in [0, 0.05) is 12.6 Å². The van der Waals surface area contributed by atoms with Crippen LogP contribution >= 0.6 is 0 Å². The molecule has 1 aliphatic heterocycles. The maximum absolute atomic E-state index is 12.3. The number of benzene rings is 1. The van der Waals surface area contributed by atoms with Crippen LogP contribution in [0.4, 0.5) is 13.2 Å². The third-order valence-corrected chi connectivity index (χ3v) is 4.81. The van der Waals surface area contributed by atoms with Crippen LogP contribution in [0.5, 0.6) is 5.75 Å². The van der Waals surface area contributed by atoms with Gasteiger partial charge in [-0.15, -0.1) is 13.2 Å². The van der Waals surface area contributed by atoms with Gasteiger partial charge in [-0.3, -0.25) is 0 Å². The quantitative estimate of drug-likeness (QED) is 0.833. The number of nitrogens with one attached hydrogen (secondary N) is 2. The Morgan fingerprint density at radius 1 is 1.32 bits per heavy atom. The van der Waals surface area contributed by atoms with Crippen molar-refractivity contribution in [2.45, 2.75) is 36.6 Å². The van der Waals surface area contributed by atoms with Crippen LogP contribution < -0.4 is 14.8 Å². The van der Waals surface area contributed by atoms with Gasteiger partial charge in [0.25, 0.3) is 0 Å². The first-order valence-electron chi connectivity index (χ1n) is 6.86. The van der Waals surface area contributed by atoms with Crippen molar-refractivity contribution < 1.29 is 26.3 Å². The summed E-state index contributed by atoms with van der Waals surface area (Å²) in [6, 6.07) is 4.92.